The van der Waals surface area contributed by atoms with E-state index in [2.05, 4.69) is 27.5 Å². The highest BCUT2D eigenvalue weighted by atomic mass is 19.1. The van der Waals surface area contributed by atoms with E-state index in [9.17, 15) is 18.8 Å². The molecule has 6 rings (SSSR count). The lowest BCUT2D eigenvalue weighted by Gasteiger charge is -2.33. The summed E-state index contributed by atoms with van der Waals surface area (Å²) in [7, 11) is 3.39. The second-order valence-electron chi connectivity index (χ2n) is 9.54. The maximum Gasteiger partial charge on any atom is 0.322 e. The number of nitrogens with one attached hydrogen (secondary N) is 2. The molecular weight excluding hydrogens is 483 g/mol. The van der Waals surface area contributed by atoms with Crippen LogP contribution < -0.4 is 20.3 Å². The number of carbonyl (C=O) groups excluding carboxylic acids is 3. The normalized spacial score (nSPS) is 22.0. The number of halogens is 1. The average molecular weight is 509 g/mol. The van der Waals surface area contributed by atoms with Gasteiger partial charge < -0.3 is 29.2 Å². The van der Waals surface area contributed by atoms with Gasteiger partial charge in [-0.05, 0) is 30.8 Å². The number of aromatic nitrogens is 1. The van der Waals surface area contributed by atoms with Gasteiger partial charge in [0.15, 0.2) is 22.7 Å². The molecule has 3 aromatic rings. The van der Waals surface area contributed by atoms with Crippen LogP contribution in [0.4, 0.5) is 15.0 Å². The molecule has 3 aliphatic rings. The Bertz CT molecular complexity index is 1450. The molecule has 12 heteroatoms. The molecule has 0 aliphatic carbocycles. The Balaban J connectivity index is 1.34. The molecule has 2 N–H and O–H groups in total. The lowest BCUT2D eigenvalue weighted by Crippen LogP contribution is -2.52. The summed E-state index contributed by atoms with van der Waals surface area (Å²) in [4.78, 5) is 49.1. The van der Waals surface area contributed by atoms with E-state index in [0.29, 0.717) is 16.7 Å². The first-order chi connectivity index (χ1) is 17.8. The van der Waals surface area contributed by atoms with Crippen LogP contribution in [0.25, 0.3) is 11.1 Å². The summed E-state index contributed by atoms with van der Waals surface area (Å²) < 4.78 is 25.9. The van der Waals surface area contributed by atoms with Gasteiger partial charge in [-0.1, -0.05) is 6.07 Å². The second-order valence-corrected chi connectivity index (χ2v) is 9.54. The quantitative estimate of drug-likeness (QED) is 0.497. The first-order valence-corrected chi connectivity index (χ1v) is 11.9. The first kappa shape index (κ1) is 23.2. The van der Waals surface area contributed by atoms with E-state index in [1.807, 2.05) is 6.07 Å². The first-order valence-electron chi connectivity index (χ1n) is 11.9. The Morgan fingerprint density at radius 1 is 1.14 bits per heavy atom. The smallest absolute Gasteiger partial charge is 0.322 e. The van der Waals surface area contributed by atoms with Gasteiger partial charge in [0, 0.05) is 38.8 Å². The lowest BCUT2D eigenvalue weighted by atomic mass is 9.95. The van der Waals surface area contributed by atoms with Crippen molar-refractivity contribution in [3.63, 3.8) is 0 Å². The highest BCUT2D eigenvalue weighted by Gasteiger charge is 2.53. The standard InChI is InChI=1S/C25H25FN6O5/c1-30-7-9-31(10-8-30)19-6-5-16-15(27-19)11-18(37-16)25(23(34)28-24(35)29-25)13-32-12-14-3-4-17(36-2)21(26)20(14)22(32)33/h3-6,11H,7-10,12-13H2,1-2H3,(H2,28,29,34,35). The van der Waals surface area contributed by atoms with Crippen LogP contribution in [0, 0.1) is 5.82 Å². The number of carbonyl (C=O) groups is 3. The van der Waals surface area contributed by atoms with E-state index in [1.54, 1.807) is 18.2 Å². The fraction of sp³-hybridized carbons (Fsp3) is 0.360. The number of likely N-dealkylation sites (N-methyl/N-ethyl adjacent to an activating group) is 1. The molecule has 0 saturated carbocycles. The van der Waals surface area contributed by atoms with Gasteiger partial charge in [-0.2, -0.15) is 0 Å². The zero-order chi connectivity index (χ0) is 25.9. The van der Waals surface area contributed by atoms with Gasteiger partial charge in [0.2, 0.25) is 0 Å². The second kappa shape index (κ2) is 8.44. The predicted octanol–water partition coefficient (Wildman–Crippen LogP) is 1.42. The van der Waals surface area contributed by atoms with E-state index in [4.69, 9.17) is 14.1 Å². The van der Waals surface area contributed by atoms with Gasteiger partial charge in [0.1, 0.15) is 17.1 Å². The number of furan rings is 1. The number of benzene rings is 1. The van der Waals surface area contributed by atoms with Gasteiger partial charge in [-0.3, -0.25) is 14.9 Å². The van der Waals surface area contributed by atoms with Crippen molar-refractivity contribution in [2.24, 2.45) is 0 Å². The van der Waals surface area contributed by atoms with Crippen molar-refractivity contribution >= 4 is 34.8 Å². The number of ether oxygens (including phenoxy) is 1. The summed E-state index contributed by atoms with van der Waals surface area (Å²) in [6.45, 7) is 3.31. The van der Waals surface area contributed by atoms with Crippen LogP contribution in [0.15, 0.2) is 34.7 Å². The fourth-order valence-corrected chi connectivity index (χ4v) is 5.16. The molecule has 0 bridgehead atoms. The van der Waals surface area contributed by atoms with Crippen molar-refractivity contribution in [2.75, 3.05) is 51.8 Å². The summed E-state index contributed by atoms with van der Waals surface area (Å²) in [5, 5.41) is 4.88. The third kappa shape index (κ3) is 3.67. The number of piperazine rings is 1. The third-order valence-electron chi connectivity index (χ3n) is 7.25. The molecule has 4 amide bonds. The highest BCUT2D eigenvalue weighted by Crippen LogP contribution is 2.36. The topological polar surface area (TPSA) is 120 Å². The van der Waals surface area contributed by atoms with Gasteiger partial charge >= 0.3 is 6.03 Å². The van der Waals surface area contributed by atoms with Crippen LogP contribution in [0.3, 0.4) is 0 Å². The Labute approximate surface area is 211 Å². The van der Waals surface area contributed by atoms with Gasteiger partial charge in [0.25, 0.3) is 11.8 Å². The number of methoxy groups -OCH3 is 1. The zero-order valence-electron chi connectivity index (χ0n) is 20.3. The number of imide groups is 1. The summed E-state index contributed by atoms with van der Waals surface area (Å²) in [5.74, 6) is -1.16. The highest BCUT2D eigenvalue weighted by molar-refractivity contribution is 6.08. The molecule has 0 spiro atoms. The van der Waals surface area contributed by atoms with Crippen molar-refractivity contribution in [3.05, 3.63) is 53.0 Å². The van der Waals surface area contributed by atoms with Crippen molar-refractivity contribution in [1.82, 2.24) is 25.4 Å². The molecule has 2 fully saturated rings. The van der Waals surface area contributed by atoms with Gasteiger partial charge in [-0.15, -0.1) is 0 Å². The van der Waals surface area contributed by atoms with E-state index in [1.165, 1.54) is 18.1 Å². The number of pyridine rings is 1. The Morgan fingerprint density at radius 3 is 2.62 bits per heavy atom. The van der Waals surface area contributed by atoms with Crippen molar-refractivity contribution in [2.45, 2.75) is 12.1 Å². The third-order valence-corrected chi connectivity index (χ3v) is 7.25. The molecule has 11 nitrogen and oxygen atoms in total. The molecule has 2 saturated heterocycles. The summed E-state index contributed by atoms with van der Waals surface area (Å²) >= 11 is 0. The zero-order valence-corrected chi connectivity index (χ0v) is 20.3. The maximum atomic E-state index is 14.9. The molecule has 0 radical (unpaired) electrons. The SMILES string of the molecule is COc1ccc2c(c1F)C(=O)N(CC1(c3cc4nc(N5CCN(C)CC5)ccc4o3)NC(=O)NC1=O)C2. The van der Waals surface area contributed by atoms with Crippen molar-refractivity contribution in [3.8, 4) is 5.75 Å². The van der Waals surface area contributed by atoms with Crippen LogP contribution in [0.2, 0.25) is 0 Å². The summed E-state index contributed by atoms with van der Waals surface area (Å²) in [5.41, 5.74) is -0.391. The largest absolute Gasteiger partial charge is 0.494 e. The minimum absolute atomic E-state index is 0.0462. The monoisotopic (exact) mass is 508 g/mol. The molecule has 1 atom stereocenters. The minimum atomic E-state index is -1.70. The number of fused-ring (bicyclic) bond motifs is 2. The molecule has 1 aromatic carbocycles. The minimum Gasteiger partial charge on any atom is -0.494 e. The molecule has 5 heterocycles. The van der Waals surface area contributed by atoms with Gasteiger partial charge in [-0.25, -0.2) is 14.2 Å². The Morgan fingerprint density at radius 2 is 1.92 bits per heavy atom. The molecule has 1 unspecified atom stereocenters. The summed E-state index contributed by atoms with van der Waals surface area (Å²) in [6, 6.07) is 7.59. The number of rotatable bonds is 5. The Hall–Kier alpha value is -4.19. The number of nitrogens with zero attached hydrogens (tertiary/aromatic N) is 4. The van der Waals surface area contributed by atoms with Crippen LogP contribution in [0.1, 0.15) is 21.7 Å². The number of urea groups is 1. The molecule has 2 aromatic heterocycles. The van der Waals surface area contributed by atoms with Crippen LogP contribution in [0.5, 0.6) is 5.75 Å². The number of hydrogen-bond donors (Lipinski definition) is 2. The van der Waals surface area contributed by atoms with Crippen molar-refractivity contribution < 1.29 is 27.9 Å². The van der Waals surface area contributed by atoms with E-state index in [0.717, 1.165) is 32.0 Å². The molecule has 3 aliphatic heterocycles. The van der Waals surface area contributed by atoms with E-state index >= 15 is 0 Å². The molecule has 37 heavy (non-hydrogen) atoms. The summed E-state index contributed by atoms with van der Waals surface area (Å²) in [6.07, 6.45) is 0. The molecule has 192 valence electrons. The molecular formula is C25H25FN6O5. The maximum absolute atomic E-state index is 14.9. The van der Waals surface area contributed by atoms with E-state index < -0.39 is 29.2 Å². The van der Waals surface area contributed by atoms with Crippen molar-refractivity contribution in [1.29, 1.82) is 0 Å². The number of hydrogen-bond acceptors (Lipinski definition) is 8. The van der Waals surface area contributed by atoms with Crippen LogP contribution >= 0.6 is 0 Å². The van der Waals surface area contributed by atoms with Gasteiger partial charge in [0.05, 0.1) is 19.2 Å². The van der Waals surface area contributed by atoms with Crippen LogP contribution in [-0.2, 0) is 16.9 Å². The van der Waals surface area contributed by atoms with E-state index in [-0.39, 0.29) is 30.2 Å². The number of anilines is 1. The lowest BCUT2D eigenvalue weighted by molar-refractivity contribution is -0.125. The number of amides is 4. The Kier molecular flexibility index (Phi) is 5.30. The predicted molar refractivity (Wildman–Crippen MR) is 130 cm³/mol. The van der Waals surface area contributed by atoms with Crippen LogP contribution in [-0.4, -0.2) is 79.5 Å². The average Bonchev–Trinajstić information content (AvgIpc) is 3.53. The fourth-order valence-electron chi connectivity index (χ4n) is 5.16.